The topological polar surface area (TPSA) is 88.8 Å². The van der Waals surface area contributed by atoms with Crippen molar-refractivity contribution in [3.63, 3.8) is 0 Å². The molecule has 7 heteroatoms. The Morgan fingerprint density at radius 2 is 2.23 bits per heavy atom. The molecule has 0 saturated carbocycles. The van der Waals surface area contributed by atoms with E-state index in [-0.39, 0.29) is 17.9 Å². The summed E-state index contributed by atoms with van der Waals surface area (Å²) in [4.78, 5) is 32.5. The average molecular weight is 339 g/mol. The molecule has 2 aromatic rings. The zero-order valence-corrected chi connectivity index (χ0v) is 14.7. The zero-order valence-electron chi connectivity index (χ0n) is 13.1. The maximum atomic E-state index is 12.4. The number of carbonyl (C=O) groups is 1. The van der Waals surface area contributed by atoms with E-state index in [1.807, 2.05) is 6.92 Å². The third-order valence-electron chi connectivity index (χ3n) is 3.68. The third-order valence-corrected chi connectivity index (χ3v) is 5.59. The molecule has 1 unspecified atom stereocenters. The molecule has 0 bridgehead atoms. The number of H-pyrrole nitrogens is 1. The van der Waals surface area contributed by atoms with E-state index in [1.54, 1.807) is 11.3 Å². The van der Waals surface area contributed by atoms with Crippen molar-refractivity contribution in [2.45, 2.75) is 45.2 Å². The van der Waals surface area contributed by atoms with Crippen LogP contribution in [-0.2, 0) is 11.2 Å². The monoisotopic (exact) mass is 339 g/mol. The van der Waals surface area contributed by atoms with Gasteiger partial charge in [-0.3, -0.25) is 9.59 Å². The van der Waals surface area contributed by atoms with E-state index < -0.39 is 0 Å². The summed E-state index contributed by atoms with van der Waals surface area (Å²) in [5.74, 6) is 0.715. The smallest absolute Gasteiger partial charge is 0.260 e. The molecule has 2 heterocycles. The fourth-order valence-electron chi connectivity index (χ4n) is 2.21. The highest BCUT2D eigenvalue weighted by Gasteiger charge is 2.16. The van der Waals surface area contributed by atoms with Crippen molar-refractivity contribution in [3.05, 3.63) is 20.8 Å². The quantitative estimate of drug-likeness (QED) is 0.599. The van der Waals surface area contributed by atoms with Gasteiger partial charge in [0, 0.05) is 17.1 Å². The van der Waals surface area contributed by atoms with Crippen molar-refractivity contribution in [1.29, 1.82) is 0 Å². The first-order chi connectivity index (χ1) is 10.4. The number of nitrogens with two attached hydrogens (primary N) is 1. The number of aryl methyl sites for hydroxylation is 1. The van der Waals surface area contributed by atoms with E-state index in [9.17, 15) is 9.59 Å². The molecular formula is C15H21N3O2S2. The third kappa shape index (κ3) is 3.89. The summed E-state index contributed by atoms with van der Waals surface area (Å²) in [5, 5.41) is 1.28. The van der Waals surface area contributed by atoms with E-state index in [0.717, 1.165) is 33.5 Å². The first kappa shape index (κ1) is 17.0. The second-order valence-electron chi connectivity index (χ2n) is 5.47. The van der Waals surface area contributed by atoms with E-state index in [4.69, 9.17) is 5.73 Å². The van der Waals surface area contributed by atoms with Gasteiger partial charge in [0.25, 0.3) is 5.56 Å². The van der Waals surface area contributed by atoms with Crippen LogP contribution in [0.3, 0.4) is 0 Å². The molecule has 0 aliphatic rings. The molecule has 2 rings (SSSR count). The van der Waals surface area contributed by atoms with Crippen LogP contribution in [0.2, 0.25) is 0 Å². The standard InChI is InChI=1S/C15H21N3O2S2/c1-4-8(2)7-10-9(3)22-14-12(10)13(20)17-15(18-14)21-6-5-11(16)19/h8H,4-7H2,1-3H3,(H2,16,19)(H,17,18,20). The molecule has 1 amide bonds. The van der Waals surface area contributed by atoms with Gasteiger partial charge < -0.3 is 10.7 Å². The summed E-state index contributed by atoms with van der Waals surface area (Å²) in [5.41, 5.74) is 6.15. The van der Waals surface area contributed by atoms with Crippen LogP contribution in [0.1, 0.15) is 37.1 Å². The van der Waals surface area contributed by atoms with Crippen molar-refractivity contribution in [2.24, 2.45) is 11.7 Å². The molecule has 0 aromatic carbocycles. The fraction of sp³-hybridized carbons (Fsp3) is 0.533. The Kier molecular flexibility index (Phi) is 5.63. The Morgan fingerprint density at radius 3 is 2.86 bits per heavy atom. The molecule has 0 fully saturated rings. The summed E-state index contributed by atoms with van der Waals surface area (Å²) in [6.07, 6.45) is 2.26. The normalized spacial score (nSPS) is 12.7. The minimum absolute atomic E-state index is 0.0887. The van der Waals surface area contributed by atoms with E-state index in [1.165, 1.54) is 11.8 Å². The van der Waals surface area contributed by atoms with E-state index >= 15 is 0 Å². The van der Waals surface area contributed by atoms with Crippen molar-refractivity contribution in [3.8, 4) is 0 Å². The lowest BCUT2D eigenvalue weighted by Crippen LogP contribution is -2.13. The molecule has 0 spiro atoms. The number of aromatic nitrogens is 2. The first-order valence-electron chi connectivity index (χ1n) is 7.35. The number of nitrogens with zero attached hydrogens (tertiary/aromatic N) is 1. The Morgan fingerprint density at radius 1 is 1.50 bits per heavy atom. The Bertz CT molecular complexity index is 736. The van der Waals surface area contributed by atoms with Gasteiger partial charge in [-0.25, -0.2) is 4.98 Å². The molecule has 22 heavy (non-hydrogen) atoms. The highest BCUT2D eigenvalue weighted by Crippen LogP contribution is 2.30. The van der Waals surface area contributed by atoms with Gasteiger partial charge in [-0.15, -0.1) is 11.3 Å². The lowest BCUT2D eigenvalue weighted by atomic mass is 9.98. The molecule has 0 aliphatic carbocycles. The Labute approximate surface area is 137 Å². The summed E-state index contributed by atoms with van der Waals surface area (Å²) in [7, 11) is 0. The molecule has 2 aromatic heterocycles. The average Bonchev–Trinajstić information content (AvgIpc) is 2.74. The summed E-state index contributed by atoms with van der Waals surface area (Å²) >= 11 is 2.91. The molecule has 1 atom stereocenters. The van der Waals surface area contributed by atoms with Crippen LogP contribution in [0.4, 0.5) is 0 Å². The number of thioether (sulfide) groups is 1. The van der Waals surface area contributed by atoms with Crippen LogP contribution in [0, 0.1) is 12.8 Å². The van der Waals surface area contributed by atoms with Crippen molar-refractivity contribution in [2.75, 3.05) is 5.75 Å². The predicted octanol–water partition coefficient (Wildman–Crippen LogP) is 2.85. The Hall–Kier alpha value is -1.34. The van der Waals surface area contributed by atoms with Crippen LogP contribution >= 0.6 is 23.1 Å². The van der Waals surface area contributed by atoms with Gasteiger partial charge >= 0.3 is 0 Å². The lowest BCUT2D eigenvalue weighted by molar-refractivity contribution is -0.117. The van der Waals surface area contributed by atoms with Crippen LogP contribution < -0.4 is 11.3 Å². The zero-order chi connectivity index (χ0) is 16.3. The van der Waals surface area contributed by atoms with Crippen molar-refractivity contribution < 1.29 is 4.79 Å². The number of fused-ring (bicyclic) bond motifs is 1. The van der Waals surface area contributed by atoms with Crippen LogP contribution in [0.25, 0.3) is 10.2 Å². The highest BCUT2D eigenvalue weighted by atomic mass is 32.2. The van der Waals surface area contributed by atoms with Crippen LogP contribution in [0.15, 0.2) is 9.95 Å². The first-order valence-corrected chi connectivity index (χ1v) is 9.16. The second kappa shape index (κ2) is 7.28. The fourth-order valence-corrected chi connectivity index (χ4v) is 4.14. The number of hydrogen-bond donors (Lipinski definition) is 2. The predicted molar refractivity (Wildman–Crippen MR) is 92.7 cm³/mol. The number of nitrogens with one attached hydrogen (secondary N) is 1. The van der Waals surface area contributed by atoms with Gasteiger partial charge in [0.05, 0.1) is 5.39 Å². The number of amides is 1. The van der Waals surface area contributed by atoms with Gasteiger partial charge in [0.15, 0.2) is 5.16 Å². The molecule has 5 nitrogen and oxygen atoms in total. The van der Waals surface area contributed by atoms with E-state index in [0.29, 0.717) is 16.8 Å². The van der Waals surface area contributed by atoms with Gasteiger partial charge in [0.1, 0.15) is 4.83 Å². The van der Waals surface area contributed by atoms with Gasteiger partial charge in [-0.05, 0) is 24.8 Å². The maximum Gasteiger partial charge on any atom is 0.260 e. The molecule has 0 aliphatic heterocycles. The van der Waals surface area contributed by atoms with Crippen LogP contribution in [-0.4, -0.2) is 21.6 Å². The number of hydrogen-bond acceptors (Lipinski definition) is 5. The lowest BCUT2D eigenvalue weighted by Gasteiger charge is -2.08. The molecule has 0 radical (unpaired) electrons. The van der Waals surface area contributed by atoms with Gasteiger partial charge in [-0.1, -0.05) is 32.0 Å². The molecule has 120 valence electrons. The minimum Gasteiger partial charge on any atom is -0.370 e. The second-order valence-corrected chi connectivity index (χ2v) is 7.76. The van der Waals surface area contributed by atoms with E-state index in [2.05, 4.69) is 23.8 Å². The minimum atomic E-state index is -0.348. The number of thiophene rings is 1. The maximum absolute atomic E-state index is 12.4. The highest BCUT2D eigenvalue weighted by molar-refractivity contribution is 7.99. The summed E-state index contributed by atoms with van der Waals surface area (Å²) in [6, 6.07) is 0. The SMILES string of the molecule is CCC(C)Cc1c(C)sc2nc(SCCC(N)=O)[nH]c(=O)c12. The number of carbonyl (C=O) groups excluding carboxylic acids is 1. The number of rotatable bonds is 7. The molecular weight excluding hydrogens is 318 g/mol. The largest absolute Gasteiger partial charge is 0.370 e. The molecule has 0 saturated heterocycles. The number of aromatic amines is 1. The number of primary amides is 1. The summed E-state index contributed by atoms with van der Waals surface area (Å²) < 4.78 is 0. The Balaban J connectivity index is 2.32. The van der Waals surface area contributed by atoms with Gasteiger partial charge in [-0.2, -0.15) is 0 Å². The van der Waals surface area contributed by atoms with Gasteiger partial charge in [0.2, 0.25) is 5.91 Å². The molecule has 3 N–H and O–H groups in total. The van der Waals surface area contributed by atoms with Crippen LogP contribution in [0.5, 0.6) is 0 Å². The summed E-state index contributed by atoms with van der Waals surface area (Å²) in [6.45, 7) is 6.40. The van der Waals surface area contributed by atoms with Crippen molar-refractivity contribution >= 4 is 39.2 Å². The van der Waals surface area contributed by atoms with Crippen molar-refractivity contribution in [1.82, 2.24) is 9.97 Å².